The first-order valence-corrected chi connectivity index (χ1v) is 8.40. The van der Waals surface area contributed by atoms with Gasteiger partial charge in [-0.25, -0.2) is 14.8 Å². The molecular weight excluding hydrogens is 300 g/mol. The topological polar surface area (TPSA) is 76.1 Å². The third kappa shape index (κ3) is 2.91. The highest BCUT2D eigenvalue weighted by Crippen LogP contribution is 2.34. The number of nitrogens with one attached hydrogen (secondary N) is 2. The van der Waals surface area contributed by atoms with Crippen molar-refractivity contribution in [2.75, 3.05) is 25.0 Å². The molecular formula is C15H20N4O2S. The van der Waals surface area contributed by atoms with Gasteiger partial charge in [0.15, 0.2) is 0 Å². The molecule has 2 aromatic rings. The van der Waals surface area contributed by atoms with Gasteiger partial charge in [0.2, 0.25) is 0 Å². The standard InChI is InChI=1S/C15H20N4O2S/c1-3-21-15(20)12-9(2)11-13(17-8-18-14(11)22-12)19-10-4-6-16-7-5-10/h8,10,16H,3-7H2,1-2H3,(H,17,18,19). The van der Waals surface area contributed by atoms with Crippen LogP contribution in [0.5, 0.6) is 0 Å². The lowest BCUT2D eigenvalue weighted by molar-refractivity contribution is 0.0531. The first-order chi connectivity index (χ1) is 10.7. The number of hydrogen-bond acceptors (Lipinski definition) is 7. The number of esters is 1. The third-order valence-corrected chi connectivity index (χ3v) is 5.05. The second-order valence-corrected chi connectivity index (χ2v) is 6.35. The molecule has 1 aliphatic heterocycles. The highest BCUT2D eigenvalue weighted by Gasteiger charge is 2.21. The second kappa shape index (κ2) is 6.58. The van der Waals surface area contributed by atoms with Gasteiger partial charge < -0.3 is 15.4 Å². The molecule has 0 spiro atoms. The maximum atomic E-state index is 12.0. The van der Waals surface area contributed by atoms with Gasteiger partial charge in [0.25, 0.3) is 0 Å². The Bertz CT molecular complexity index is 679. The molecule has 0 bridgehead atoms. The lowest BCUT2D eigenvalue weighted by Gasteiger charge is -2.24. The number of fused-ring (bicyclic) bond motifs is 1. The average molecular weight is 320 g/mol. The highest BCUT2D eigenvalue weighted by atomic mass is 32.1. The smallest absolute Gasteiger partial charge is 0.348 e. The predicted molar refractivity (Wildman–Crippen MR) is 87.6 cm³/mol. The molecule has 0 radical (unpaired) electrons. The fraction of sp³-hybridized carbons (Fsp3) is 0.533. The molecule has 118 valence electrons. The number of aromatic nitrogens is 2. The zero-order valence-electron chi connectivity index (χ0n) is 12.8. The normalized spacial score (nSPS) is 15.9. The van der Waals surface area contributed by atoms with Gasteiger partial charge in [-0.05, 0) is 45.3 Å². The average Bonchev–Trinajstić information content (AvgIpc) is 2.87. The van der Waals surface area contributed by atoms with Crippen LogP contribution in [0.3, 0.4) is 0 Å². The summed E-state index contributed by atoms with van der Waals surface area (Å²) in [6.45, 7) is 6.15. The Morgan fingerprint density at radius 3 is 2.95 bits per heavy atom. The molecule has 22 heavy (non-hydrogen) atoms. The van der Waals surface area contributed by atoms with E-state index in [2.05, 4.69) is 20.6 Å². The quantitative estimate of drug-likeness (QED) is 0.842. The van der Waals surface area contributed by atoms with Gasteiger partial charge in [-0.3, -0.25) is 0 Å². The summed E-state index contributed by atoms with van der Waals surface area (Å²) in [5.74, 6) is 0.539. The Morgan fingerprint density at radius 2 is 2.23 bits per heavy atom. The summed E-state index contributed by atoms with van der Waals surface area (Å²) in [5, 5.41) is 7.80. The number of piperidine rings is 1. The number of rotatable bonds is 4. The van der Waals surface area contributed by atoms with Gasteiger partial charge in [0.1, 0.15) is 21.9 Å². The van der Waals surface area contributed by atoms with Crippen molar-refractivity contribution in [1.82, 2.24) is 15.3 Å². The van der Waals surface area contributed by atoms with Gasteiger partial charge in [0.05, 0.1) is 12.0 Å². The number of carbonyl (C=O) groups excluding carboxylic acids is 1. The first-order valence-electron chi connectivity index (χ1n) is 7.59. The highest BCUT2D eigenvalue weighted by molar-refractivity contribution is 7.20. The Balaban J connectivity index is 1.95. The van der Waals surface area contributed by atoms with Crippen molar-refractivity contribution in [3.8, 4) is 0 Å². The summed E-state index contributed by atoms with van der Waals surface area (Å²) in [4.78, 5) is 22.2. The molecule has 1 fully saturated rings. The van der Waals surface area contributed by atoms with Gasteiger partial charge in [-0.2, -0.15) is 0 Å². The van der Waals surface area contributed by atoms with Gasteiger partial charge in [0, 0.05) is 6.04 Å². The van der Waals surface area contributed by atoms with Gasteiger partial charge in [-0.1, -0.05) is 0 Å². The zero-order valence-corrected chi connectivity index (χ0v) is 13.6. The van der Waals surface area contributed by atoms with Crippen LogP contribution >= 0.6 is 11.3 Å². The number of nitrogens with zero attached hydrogens (tertiary/aromatic N) is 2. The minimum Gasteiger partial charge on any atom is -0.462 e. The maximum absolute atomic E-state index is 12.0. The van der Waals surface area contributed by atoms with E-state index in [1.54, 1.807) is 6.33 Å². The Morgan fingerprint density at radius 1 is 1.45 bits per heavy atom. The van der Waals surface area contributed by atoms with E-state index >= 15 is 0 Å². The maximum Gasteiger partial charge on any atom is 0.348 e. The molecule has 3 rings (SSSR count). The van der Waals surface area contributed by atoms with E-state index in [1.165, 1.54) is 11.3 Å². The van der Waals surface area contributed by atoms with Crippen molar-refractivity contribution < 1.29 is 9.53 Å². The second-order valence-electron chi connectivity index (χ2n) is 5.35. The largest absolute Gasteiger partial charge is 0.462 e. The number of ether oxygens (including phenoxy) is 1. The monoisotopic (exact) mass is 320 g/mol. The molecule has 0 aromatic carbocycles. The molecule has 0 aliphatic carbocycles. The van der Waals surface area contributed by atoms with Crippen LogP contribution in [0.15, 0.2) is 6.33 Å². The molecule has 1 saturated heterocycles. The summed E-state index contributed by atoms with van der Waals surface area (Å²) < 4.78 is 5.12. The Hall–Kier alpha value is -1.73. The molecule has 6 nitrogen and oxygen atoms in total. The number of anilines is 1. The molecule has 0 atom stereocenters. The fourth-order valence-electron chi connectivity index (χ4n) is 2.73. The van der Waals surface area contributed by atoms with Crippen molar-refractivity contribution in [2.45, 2.75) is 32.7 Å². The molecule has 0 saturated carbocycles. The van der Waals surface area contributed by atoms with Crippen LogP contribution in [0.25, 0.3) is 10.2 Å². The summed E-state index contributed by atoms with van der Waals surface area (Å²) >= 11 is 1.37. The molecule has 1 aliphatic rings. The van der Waals surface area contributed by atoms with Crippen LogP contribution in [-0.2, 0) is 4.74 Å². The number of carbonyl (C=O) groups is 1. The molecule has 0 unspecified atom stereocenters. The van der Waals surface area contributed by atoms with Crippen LogP contribution < -0.4 is 10.6 Å². The van der Waals surface area contributed by atoms with E-state index in [-0.39, 0.29) is 5.97 Å². The van der Waals surface area contributed by atoms with Crippen molar-refractivity contribution >= 4 is 33.3 Å². The molecule has 2 N–H and O–H groups in total. The van der Waals surface area contributed by atoms with Crippen LogP contribution in [0.1, 0.15) is 35.0 Å². The first kappa shape index (κ1) is 15.2. The van der Waals surface area contributed by atoms with E-state index in [0.29, 0.717) is 17.5 Å². The summed E-state index contributed by atoms with van der Waals surface area (Å²) in [7, 11) is 0. The van der Waals surface area contributed by atoms with E-state index in [0.717, 1.165) is 47.5 Å². The van der Waals surface area contributed by atoms with Crippen molar-refractivity contribution in [2.24, 2.45) is 0 Å². The van der Waals surface area contributed by atoms with Crippen molar-refractivity contribution in [3.63, 3.8) is 0 Å². The molecule has 0 amide bonds. The molecule has 3 heterocycles. The predicted octanol–water partition coefficient (Wildman–Crippen LogP) is 2.34. The van der Waals surface area contributed by atoms with Gasteiger partial charge in [-0.15, -0.1) is 11.3 Å². The number of thiophene rings is 1. The molecule has 2 aromatic heterocycles. The van der Waals surface area contributed by atoms with E-state index in [9.17, 15) is 4.79 Å². The fourth-order valence-corrected chi connectivity index (χ4v) is 3.77. The van der Waals surface area contributed by atoms with Crippen molar-refractivity contribution in [1.29, 1.82) is 0 Å². The molecule has 7 heteroatoms. The van der Waals surface area contributed by atoms with Gasteiger partial charge >= 0.3 is 5.97 Å². The summed E-state index contributed by atoms with van der Waals surface area (Å²) in [6, 6.07) is 0.407. The van der Waals surface area contributed by atoms with Crippen molar-refractivity contribution in [3.05, 3.63) is 16.8 Å². The Labute approximate surface area is 133 Å². The number of aryl methyl sites for hydroxylation is 1. The third-order valence-electron chi connectivity index (χ3n) is 3.87. The lowest BCUT2D eigenvalue weighted by atomic mass is 10.1. The summed E-state index contributed by atoms with van der Waals surface area (Å²) in [6.07, 6.45) is 3.69. The van der Waals surface area contributed by atoms with E-state index < -0.39 is 0 Å². The Kier molecular flexibility index (Phi) is 4.54. The minimum absolute atomic E-state index is 0.282. The SMILES string of the molecule is CCOC(=O)c1sc2ncnc(NC3CCNCC3)c2c1C. The van der Waals surface area contributed by atoms with Crippen LogP contribution in [0, 0.1) is 6.92 Å². The van der Waals surface area contributed by atoms with Crippen LogP contribution in [0.2, 0.25) is 0 Å². The van der Waals surface area contributed by atoms with E-state index in [1.807, 2.05) is 13.8 Å². The minimum atomic E-state index is -0.282. The summed E-state index contributed by atoms with van der Waals surface area (Å²) in [5.41, 5.74) is 0.899. The van der Waals surface area contributed by atoms with Crippen LogP contribution in [-0.4, -0.2) is 41.7 Å². The van der Waals surface area contributed by atoms with E-state index in [4.69, 9.17) is 4.74 Å². The lowest BCUT2D eigenvalue weighted by Crippen LogP contribution is -2.35. The van der Waals surface area contributed by atoms with Crippen LogP contribution in [0.4, 0.5) is 5.82 Å². The zero-order chi connectivity index (χ0) is 15.5. The number of hydrogen-bond donors (Lipinski definition) is 2.